The zero-order valence-corrected chi connectivity index (χ0v) is 17.4. The molecule has 1 unspecified atom stereocenters. The molecule has 0 fully saturated rings. The van der Waals surface area contributed by atoms with Gasteiger partial charge in [0.25, 0.3) is 0 Å². The molecule has 0 amide bonds. The number of nitrogens with zero attached hydrogens (tertiary/aromatic N) is 2. The normalized spacial score (nSPS) is 12.0. The molecule has 0 radical (unpaired) electrons. The van der Waals surface area contributed by atoms with E-state index in [-0.39, 0.29) is 12.1 Å². The van der Waals surface area contributed by atoms with Crippen LogP contribution in [0.2, 0.25) is 0 Å². The van der Waals surface area contributed by atoms with Crippen molar-refractivity contribution in [3.05, 3.63) is 54.6 Å². The molecule has 154 valence electrons. The monoisotopic (exact) mass is 384 g/mol. The molecule has 1 atom stereocenters. The molecule has 0 aliphatic rings. The molecule has 2 aromatic rings. The number of unbranched alkanes of at least 4 members (excludes halogenated alkanes) is 9. The molecule has 0 N–H and O–H groups in total. The van der Waals surface area contributed by atoms with Crippen molar-refractivity contribution in [2.24, 2.45) is 0 Å². The van der Waals surface area contributed by atoms with Gasteiger partial charge in [-0.2, -0.15) is 0 Å². The maximum atomic E-state index is 12.3. The summed E-state index contributed by atoms with van der Waals surface area (Å²) < 4.78 is 7.75. The lowest BCUT2D eigenvalue weighted by Gasteiger charge is -2.19. The van der Waals surface area contributed by atoms with E-state index >= 15 is 0 Å². The topological polar surface area (TPSA) is 44.1 Å². The summed E-state index contributed by atoms with van der Waals surface area (Å²) in [6.07, 6.45) is 18.3. The van der Waals surface area contributed by atoms with Crippen LogP contribution in [-0.2, 0) is 16.1 Å². The quantitative estimate of drug-likeness (QED) is 0.261. The van der Waals surface area contributed by atoms with E-state index in [1.165, 1.54) is 51.4 Å². The second-order valence-electron chi connectivity index (χ2n) is 7.58. The molecule has 0 aliphatic carbocycles. The van der Waals surface area contributed by atoms with Gasteiger partial charge in [-0.1, -0.05) is 95.0 Å². The zero-order valence-electron chi connectivity index (χ0n) is 17.4. The van der Waals surface area contributed by atoms with E-state index in [0.29, 0.717) is 13.0 Å². The van der Waals surface area contributed by atoms with Gasteiger partial charge in [0, 0.05) is 18.8 Å². The number of aromatic nitrogens is 2. The lowest BCUT2D eigenvalue weighted by molar-refractivity contribution is -0.150. The molecular weight excluding hydrogens is 348 g/mol. The van der Waals surface area contributed by atoms with Crippen molar-refractivity contribution in [3.63, 3.8) is 0 Å². The van der Waals surface area contributed by atoms with Crippen LogP contribution in [0.3, 0.4) is 0 Å². The second-order valence-corrected chi connectivity index (χ2v) is 7.58. The maximum absolute atomic E-state index is 12.3. The van der Waals surface area contributed by atoms with Crippen molar-refractivity contribution in [2.75, 3.05) is 0 Å². The number of carbonyl (C=O) groups excluding carboxylic acids is 1. The van der Waals surface area contributed by atoms with Crippen LogP contribution in [0, 0.1) is 0 Å². The van der Waals surface area contributed by atoms with Crippen LogP contribution < -0.4 is 0 Å². The standard InChI is InChI=1S/C24H36N2O2/c1-2-3-4-5-6-7-8-9-10-14-17-24(27)28-23(20-26-19-18-25-21-26)22-15-12-11-13-16-22/h11-13,15-16,18-19,21,23H,2-10,14,17,20H2,1H3. The van der Waals surface area contributed by atoms with Gasteiger partial charge in [-0.3, -0.25) is 4.79 Å². The minimum absolute atomic E-state index is 0.103. The van der Waals surface area contributed by atoms with Gasteiger partial charge < -0.3 is 9.30 Å². The number of hydrogen-bond acceptors (Lipinski definition) is 3. The van der Waals surface area contributed by atoms with Gasteiger partial charge in [0.15, 0.2) is 0 Å². The molecule has 4 nitrogen and oxygen atoms in total. The summed E-state index contributed by atoms with van der Waals surface area (Å²) in [6.45, 7) is 2.85. The lowest BCUT2D eigenvalue weighted by atomic mass is 10.1. The fraction of sp³-hybridized carbons (Fsp3) is 0.583. The van der Waals surface area contributed by atoms with E-state index in [0.717, 1.165) is 18.4 Å². The van der Waals surface area contributed by atoms with E-state index in [9.17, 15) is 4.79 Å². The van der Waals surface area contributed by atoms with Gasteiger partial charge in [0.1, 0.15) is 6.10 Å². The number of benzene rings is 1. The largest absolute Gasteiger partial charge is 0.456 e. The lowest BCUT2D eigenvalue weighted by Crippen LogP contribution is -2.16. The van der Waals surface area contributed by atoms with Crippen LogP contribution in [0.25, 0.3) is 0 Å². The Kier molecular flexibility index (Phi) is 11.1. The van der Waals surface area contributed by atoms with E-state index in [1.54, 1.807) is 12.5 Å². The third kappa shape index (κ3) is 9.20. The van der Waals surface area contributed by atoms with Crippen LogP contribution in [-0.4, -0.2) is 15.5 Å². The summed E-state index contributed by atoms with van der Waals surface area (Å²) in [5, 5.41) is 0. The van der Waals surface area contributed by atoms with Crippen molar-refractivity contribution in [1.82, 2.24) is 9.55 Å². The number of hydrogen-bond donors (Lipinski definition) is 0. The first kappa shape index (κ1) is 22.2. The summed E-state index contributed by atoms with van der Waals surface area (Å²) >= 11 is 0. The van der Waals surface area contributed by atoms with Crippen molar-refractivity contribution < 1.29 is 9.53 Å². The molecule has 2 rings (SSSR count). The molecule has 1 aromatic heterocycles. The SMILES string of the molecule is CCCCCCCCCCCCC(=O)OC(Cn1ccnc1)c1ccccc1. The molecule has 0 spiro atoms. The fourth-order valence-corrected chi connectivity index (χ4v) is 3.44. The first-order valence-corrected chi connectivity index (χ1v) is 11.0. The van der Waals surface area contributed by atoms with E-state index in [1.807, 2.05) is 41.1 Å². The first-order chi connectivity index (χ1) is 13.8. The Labute approximate surface area is 170 Å². The molecule has 4 heteroatoms. The van der Waals surface area contributed by atoms with Crippen molar-refractivity contribution in [3.8, 4) is 0 Å². The zero-order chi connectivity index (χ0) is 19.9. The number of carbonyl (C=O) groups is 1. The third-order valence-corrected chi connectivity index (χ3v) is 5.12. The molecular formula is C24H36N2O2. The van der Waals surface area contributed by atoms with Gasteiger partial charge in [0.2, 0.25) is 0 Å². The van der Waals surface area contributed by atoms with E-state index in [2.05, 4.69) is 11.9 Å². The van der Waals surface area contributed by atoms with Gasteiger partial charge in [-0.05, 0) is 12.0 Å². The highest BCUT2D eigenvalue weighted by atomic mass is 16.5. The molecule has 0 saturated heterocycles. The average Bonchev–Trinajstić information content (AvgIpc) is 3.23. The summed E-state index contributed by atoms with van der Waals surface area (Å²) in [7, 11) is 0. The highest BCUT2D eigenvalue weighted by Gasteiger charge is 2.17. The fourth-order valence-electron chi connectivity index (χ4n) is 3.44. The number of imidazole rings is 1. The highest BCUT2D eigenvalue weighted by Crippen LogP contribution is 2.21. The summed E-state index contributed by atoms with van der Waals surface area (Å²) in [4.78, 5) is 16.4. The van der Waals surface area contributed by atoms with Gasteiger partial charge >= 0.3 is 5.97 Å². The van der Waals surface area contributed by atoms with Gasteiger partial charge in [-0.15, -0.1) is 0 Å². The van der Waals surface area contributed by atoms with E-state index in [4.69, 9.17) is 4.74 Å². The van der Waals surface area contributed by atoms with E-state index < -0.39 is 0 Å². The van der Waals surface area contributed by atoms with Gasteiger partial charge in [-0.25, -0.2) is 4.98 Å². The molecule has 1 aromatic carbocycles. The number of esters is 1. The summed E-state index contributed by atoms with van der Waals surface area (Å²) in [5.74, 6) is -0.103. The van der Waals surface area contributed by atoms with Crippen molar-refractivity contribution >= 4 is 5.97 Å². The predicted octanol–water partition coefficient (Wildman–Crippen LogP) is 6.48. The summed E-state index contributed by atoms with van der Waals surface area (Å²) in [6, 6.07) is 9.95. The Hall–Kier alpha value is -2.10. The van der Waals surface area contributed by atoms with Crippen LogP contribution in [0.5, 0.6) is 0 Å². The van der Waals surface area contributed by atoms with Crippen molar-refractivity contribution in [2.45, 2.75) is 90.2 Å². The maximum Gasteiger partial charge on any atom is 0.306 e. The molecule has 1 heterocycles. The molecule has 0 aliphatic heterocycles. The molecule has 0 saturated carbocycles. The van der Waals surface area contributed by atoms with Crippen LogP contribution >= 0.6 is 0 Å². The minimum atomic E-state index is -0.272. The van der Waals surface area contributed by atoms with Crippen LogP contribution in [0.1, 0.15) is 89.2 Å². The van der Waals surface area contributed by atoms with Gasteiger partial charge in [0.05, 0.1) is 12.9 Å². The molecule has 28 heavy (non-hydrogen) atoms. The smallest absolute Gasteiger partial charge is 0.306 e. The first-order valence-electron chi connectivity index (χ1n) is 11.0. The molecule has 0 bridgehead atoms. The Balaban J connectivity index is 1.63. The average molecular weight is 385 g/mol. The summed E-state index contributed by atoms with van der Waals surface area (Å²) in [5.41, 5.74) is 1.02. The predicted molar refractivity (Wildman–Crippen MR) is 114 cm³/mol. The third-order valence-electron chi connectivity index (χ3n) is 5.12. The highest BCUT2D eigenvalue weighted by molar-refractivity contribution is 5.69. The second kappa shape index (κ2) is 14.0. The van der Waals surface area contributed by atoms with Crippen LogP contribution in [0.4, 0.5) is 0 Å². The van der Waals surface area contributed by atoms with Crippen molar-refractivity contribution in [1.29, 1.82) is 0 Å². The van der Waals surface area contributed by atoms with Crippen LogP contribution in [0.15, 0.2) is 49.1 Å². The Morgan fingerprint density at radius 1 is 0.964 bits per heavy atom. The number of ether oxygens (including phenoxy) is 1. The minimum Gasteiger partial charge on any atom is -0.456 e. The Morgan fingerprint density at radius 2 is 1.61 bits per heavy atom. The Morgan fingerprint density at radius 3 is 2.21 bits per heavy atom. The number of rotatable bonds is 15. The Bertz CT molecular complexity index is 625.